The van der Waals surface area contributed by atoms with Crippen LogP contribution in [-0.2, 0) is 0 Å². The lowest BCUT2D eigenvalue weighted by Gasteiger charge is -2.15. The maximum Gasteiger partial charge on any atom is 0.187 e. The van der Waals surface area contributed by atoms with Crippen LogP contribution in [-0.4, -0.2) is 24.1 Å². The number of rotatable bonds is 5. The molecule has 0 saturated heterocycles. The van der Waals surface area contributed by atoms with Gasteiger partial charge in [0.2, 0.25) is 0 Å². The van der Waals surface area contributed by atoms with E-state index in [4.69, 9.17) is 21.5 Å². The molecule has 0 N–H and O–H groups in total. The van der Waals surface area contributed by atoms with E-state index >= 15 is 0 Å². The van der Waals surface area contributed by atoms with Crippen LogP contribution in [0.3, 0.4) is 0 Å². The Kier molecular flexibility index (Phi) is 6.76. The molecule has 0 unspecified atom stereocenters. The minimum Gasteiger partial charge on any atom is -0.309 e. The topological polar surface area (TPSA) is 52.9 Å². The maximum absolute atomic E-state index is 7.44. The van der Waals surface area contributed by atoms with Gasteiger partial charge in [0.05, 0.1) is 34.3 Å². The van der Waals surface area contributed by atoms with Gasteiger partial charge in [-0.2, -0.15) is 0 Å². The summed E-state index contributed by atoms with van der Waals surface area (Å²) in [7, 11) is 0. The zero-order valence-electron chi connectivity index (χ0n) is 27.8. The van der Waals surface area contributed by atoms with Gasteiger partial charge in [-0.3, -0.25) is 0 Å². The third kappa shape index (κ3) is 4.61. The Bertz CT molecular complexity index is 3010. The lowest BCUT2D eigenvalue weighted by atomic mass is 10.1. The van der Waals surface area contributed by atoms with Crippen molar-refractivity contribution in [3.63, 3.8) is 0 Å². The summed E-state index contributed by atoms with van der Waals surface area (Å²) in [6.45, 7) is 7.44. The first-order chi connectivity index (χ1) is 25.8. The summed E-state index contributed by atoms with van der Waals surface area (Å²) in [4.78, 5) is 18.8. The van der Waals surface area contributed by atoms with Crippen molar-refractivity contribution >= 4 is 49.3 Å². The SMILES string of the molecule is [C-]#[N+]c1ccc(-c2nc(-c3ccccc3)nc(-c3ccccc3-n3c4ccccc4c4ccc5c(c6ccccc6n5-c5ccccc5)c43)n2)cc1. The van der Waals surface area contributed by atoms with Crippen molar-refractivity contribution in [2.45, 2.75) is 0 Å². The molecule has 10 rings (SSSR count). The fourth-order valence-electron chi connectivity index (χ4n) is 7.50. The van der Waals surface area contributed by atoms with Crippen molar-refractivity contribution in [3.8, 4) is 45.5 Å². The summed E-state index contributed by atoms with van der Waals surface area (Å²) in [6, 6.07) is 58.2. The predicted molar refractivity (Wildman–Crippen MR) is 211 cm³/mol. The molecule has 0 radical (unpaired) electrons. The molecular formula is C46H28N6. The van der Waals surface area contributed by atoms with Crippen molar-refractivity contribution in [2.75, 3.05) is 0 Å². The van der Waals surface area contributed by atoms with E-state index in [-0.39, 0.29) is 0 Å². The third-order valence-corrected chi connectivity index (χ3v) is 9.79. The second-order valence-electron chi connectivity index (χ2n) is 12.7. The van der Waals surface area contributed by atoms with Gasteiger partial charge in [0.25, 0.3) is 0 Å². The molecule has 0 atom stereocenters. The van der Waals surface area contributed by atoms with Gasteiger partial charge >= 0.3 is 0 Å². The van der Waals surface area contributed by atoms with Crippen LogP contribution in [0.2, 0.25) is 0 Å². The van der Waals surface area contributed by atoms with Gasteiger partial charge in [-0.1, -0.05) is 127 Å². The van der Waals surface area contributed by atoms with Crippen molar-refractivity contribution in [3.05, 3.63) is 181 Å². The molecule has 0 aliphatic carbocycles. The first-order valence-corrected chi connectivity index (χ1v) is 17.2. The normalized spacial score (nSPS) is 11.4. The molecule has 0 bridgehead atoms. The fraction of sp³-hybridized carbons (Fsp3) is 0. The molecule has 0 spiro atoms. The average Bonchev–Trinajstić information content (AvgIpc) is 3.74. The molecule has 52 heavy (non-hydrogen) atoms. The number of para-hydroxylation sites is 4. The Morgan fingerprint density at radius 1 is 0.423 bits per heavy atom. The molecule has 242 valence electrons. The minimum absolute atomic E-state index is 0.547. The van der Waals surface area contributed by atoms with E-state index < -0.39 is 0 Å². The van der Waals surface area contributed by atoms with Gasteiger partial charge in [-0.25, -0.2) is 19.8 Å². The van der Waals surface area contributed by atoms with Crippen molar-refractivity contribution in [2.24, 2.45) is 0 Å². The van der Waals surface area contributed by atoms with Gasteiger partial charge in [0.1, 0.15) is 0 Å². The number of nitrogens with zero attached hydrogens (tertiary/aromatic N) is 6. The molecule has 7 aromatic carbocycles. The molecule has 6 nitrogen and oxygen atoms in total. The first-order valence-electron chi connectivity index (χ1n) is 17.2. The summed E-state index contributed by atoms with van der Waals surface area (Å²) in [6.07, 6.45) is 0. The summed E-state index contributed by atoms with van der Waals surface area (Å²) in [5.74, 6) is 1.70. The van der Waals surface area contributed by atoms with Gasteiger partial charge < -0.3 is 9.13 Å². The molecular weight excluding hydrogens is 637 g/mol. The molecule has 6 heteroatoms. The summed E-state index contributed by atoms with van der Waals surface area (Å²) < 4.78 is 4.75. The van der Waals surface area contributed by atoms with E-state index in [0.717, 1.165) is 50.1 Å². The number of aromatic nitrogens is 5. The molecule has 10 aromatic rings. The molecule has 0 amide bonds. The fourth-order valence-corrected chi connectivity index (χ4v) is 7.50. The minimum atomic E-state index is 0.547. The Hall–Kier alpha value is -7.36. The van der Waals surface area contributed by atoms with Gasteiger partial charge in [0, 0.05) is 43.9 Å². The van der Waals surface area contributed by atoms with Crippen LogP contribution < -0.4 is 0 Å². The highest BCUT2D eigenvalue weighted by Crippen LogP contribution is 2.43. The van der Waals surface area contributed by atoms with E-state index in [2.05, 4.69) is 123 Å². The Morgan fingerprint density at radius 3 is 1.73 bits per heavy atom. The van der Waals surface area contributed by atoms with E-state index in [1.807, 2.05) is 48.5 Å². The van der Waals surface area contributed by atoms with Crippen molar-refractivity contribution < 1.29 is 0 Å². The van der Waals surface area contributed by atoms with Gasteiger partial charge in [0.15, 0.2) is 23.2 Å². The van der Waals surface area contributed by atoms with Gasteiger partial charge in [-0.15, -0.1) is 0 Å². The van der Waals surface area contributed by atoms with E-state index in [9.17, 15) is 0 Å². The zero-order valence-corrected chi connectivity index (χ0v) is 27.8. The van der Waals surface area contributed by atoms with Crippen LogP contribution in [0.5, 0.6) is 0 Å². The Morgan fingerprint density at radius 2 is 1.00 bits per heavy atom. The van der Waals surface area contributed by atoms with E-state index in [0.29, 0.717) is 23.2 Å². The predicted octanol–water partition coefficient (Wildman–Crippen LogP) is 11.6. The molecule has 0 fully saturated rings. The number of hydrogen-bond donors (Lipinski definition) is 0. The second kappa shape index (κ2) is 11.9. The average molecular weight is 665 g/mol. The van der Waals surface area contributed by atoms with Gasteiger partial charge in [-0.05, 0) is 42.5 Å². The molecule has 3 heterocycles. The van der Waals surface area contributed by atoms with Crippen molar-refractivity contribution in [1.29, 1.82) is 0 Å². The monoisotopic (exact) mass is 664 g/mol. The molecule has 3 aromatic heterocycles. The lowest BCUT2D eigenvalue weighted by molar-refractivity contribution is 1.06. The highest BCUT2D eigenvalue weighted by atomic mass is 15.1. The van der Waals surface area contributed by atoms with E-state index in [1.165, 1.54) is 21.5 Å². The second-order valence-corrected chi connectivity index (χ2v) is 12.7. The first kappa shape index (κ1) is 29.5. The number of hydrogen-bond acceptors (Lipinski definition) is 3. The molecule has 0 aliphatic rings. The smallest absolute Gasteiger partial charge is 0.187 e. The quantitative estimate of drug-likeness (QED) is 0.172. The number of fused-ring (bicyclic) bond motifs is 7. The maximum atomic E-state index is 7.44. The summed E-state index contributed by atoms with van der Waals surface area (Å²) >= 11 is 0. The van der Waals surface area contributed by atoms with E-state index in [1.54, 1.807) is 12.1 Å². The number of benzene rings is 7. The van der Waals surface area contributed by atoms with Crippen LogP contribution >= 0.6 is 0 Å². The van der Waals surface area contributed by atoms with Crippen LogP contribution in [0.1, 0.15) is 0 Å². The molecule has 0 saturated carbocycles. The highest BCUT2D eigenvalue weighted by molar-refractivity contribution is 6.26. The summed E-state index contributed by atoms with van der Waals surface area (Å²) in [5.41, 5.74) is 9.77. The van der Waals surface area contributed by atoms with Crippen LogP contribution in [0.4, 0.5) is 5.69 Å². The lowest BCUT2D eigenvalue weighted by Crippen LogP contribution is -2.03. The third-order valence-electron chi connectivity index (χ3n) is 9.79. The summed E-state index contributed by atoms with van der Waals surface area (Å²) in [5, 5.41) is 4.72. The zero-order chi connectivity index (χ0) is 34.6. The van der Waals surface area contributed by atoms with Crippen LogP contribution in [0.25, 0.3) is 94.0 Å². The Balaban J connectivity index is 1.30. The highest BCUT2D eigenvalue weighted by Gasteiger charge is 2.23. The van der Waals surface area contributed by atoms with Crippen LogP contribution in [0.15, 0.2) is 170 Å². The molecule has 0 aliphatic heterocycles. The standard InChI is InChI=1S/C46H28N6/c1-47-32-26-24-31(25-27-32)45-48-44(30-14-4-2-5-15-30)49-46(50-45)37-20-10-13-23-40(37)52-38-21-11-8-18-34(38)35-28-29-41-42(43(35)52)36-19-9-12-22-39(36)51(41)33-16-6-3-7-17-33/h2-29H. The van der Waals surface area contributed by atoms with Crippen LogP contribution in [0, 0.1) is 6.57 Å². The largest absolute Gasteiger partial charge is 0.309 e. The Labute approximate surface area is 299 Å². The van der Waals surface area contributed by atoms with Crippen molar-refractivity contribution in [1.82, 2.24) is 24.1 Å².